The lowest BCUT2D eigenvalue weighted by molar-refractivity contribution is 0.0417. The van der Waals surface area contributed by atoms with Gasteiger partial charge in [0.1, 0.15) is 6.17 Å². The van der Waals surface area contributed by atoms with Gasteiger partial charge >= 0.3 is 0 Å². The molecule has 2 saturated heterocycles. The summed E-state index contributed by atoms with van der Waals surface area (Å²) in [5.74, 6) is 0. The minimum Gasteiger partial charge on any atom is -0.298 e. The molecule has 0 aliphatic carbocycles. The molecule has 122 valence electrons. The third-order valence-electron chi connectivity index (χ3n) is 4.88. The zero-order chi connectivity index (χ0) is 15.8. The minimum atomic E-state index is -3.25. The van der Waals surface area contributed by atoms with Crippen molar-refractivity contribution in [2.45, 2.75) is 25.6 Å². The number of pyridine rings is 1. The Balaban J connectivity index is 1.71. The van der Waals surface area contributed by atoms with Gasteiger partial charge < -0.3 is 0 Å². The average Bonchev–Trinajstić information content (AvgIpc) is 2.86. The number of halogens is 1. The molecule has 2 aliphatic rings. The average molecular weight is 327 g/mol. The lowest BCUT2D eigenvalue weighted by Crippen LogP contribution is -2.52. The lowest BCUT2D eigenvalue weighted by Gasteiger charge is -2.41. The van der Waals surface area contributed by atoms with Crippen LogP contribution in [0.2, 0.25) is 0 Å². The molecule has 0 amide bonds. The highest BCUT2D eigenvalue weighted by Gasteiger charge is 2.49. The molecular weight excluding hydrogens is 305 g/mol. The Morgan fingerprint density at radius 2 is 2.05 bits per heavy atom. The molecule has 0 saturated carbocycles. The normalized spacial score (nSPS) is 30.9. The van der Waals surface area contributed by atoms with Gasteiger partial charge in [0, 0.05) is 44.0 Å². The first-order valence-corrected chi connectivity index (χ1v) is 9.44. The van der Waals surface area contributed by atoms with Gasteiger partial charge in [-0.25, -0.2) is 17.1 Å². The number of alkyl halides is 1. The molecular formula is C15H22FN3O2S. The Morgan fingerprint density at radius 3 is 2.73 bits per heavy atom. The van der Waals surface area contributed by atoms with Crippen molar-refractivity contribution in [1.82, 2.24) is 14.2 Å². The van der Waals surface area contributed by atoms with E-state index in [4.69, 9.17) is 0 Å². The van der Waals surface area contributed by atoms with E-state index in [1.54, 1.807) is 12.4 Å². The lowest BCUT2D eigenvalue weighted by atomic mass is 9.78. The maximum absolute atomic E-state index is 14.6. The molecule has 1 aromatic heterocycles. The van der Waals surface area contributed by atoms with E-state index in [1.165, 1.54) is 10.6 Å². The molecule has 7 heteroatoms. The molecule has 0 bridgehead atoms. The standard InChI is InChI=1S/C15H22FN3O2S/c1-22(20,21)19-8-4-14(16)15(12-19)5-9-18(11-15)10-13-2-6-17-7-3-13/h2-3,6-7,14H,4-5,8-12H2,1H3/t14-,15-/m0/s1. The number of nitrogens with zero attached hydrogens (tertiary/aromatic N) is 3. The number of sulfonamides is 1. The van der Waals surface area contributed by atoms with E-state index in [2.05, 4.69) is 9.88 Å². The fourth-order valence-corrected chi connectivity index (χ4v) is 4.55. The first-order valence-electron chi connectivity index (χ1n) is 7.60. The predicted octanol–water partition coefficient (Wildman–Crippen LogP) is 1.28. The van der Waals surface area contributed by atoms with Crippen LogP contribution in [0, 0.1) is 5.41 Å². The summed E-state index contributed by atoms with van der Waals surface area (Å²) in [6.45, 7) is 2.78. The molecule has 0 unspecified atom stereocenters. The molecule has 2 aliphatic heterocycles. The smallest absolute Gasteiger partial charge is 0.211 e. The topological polar surface area (TPSA) is 53.5 Å². The minimum absolute atomic E-state index is 0.298. The van der Waals surface area contributed by atoms with E-state index in [1.807, 2.05) is 12.1 Å². The molecule has 5 nitrogen and oxygen atoms in total. The number of likely N-dealkylation sites (tertiary alicyclic amines) is 1. The largest absolute Gasteiger partial charge is 0.298 e. The summed E-state index contributed by atoms with van der Waals surface area (Å²) < 4.78 is 39.6. The second-order valence-corrected chi connectivity index (χ2v) is 8.51. The predicted molar refractivity (Wildman–Crippen MR) is 82.5 cm³/mol. The van der Waals surface area contributed by atoms with Crippen LogP contribution in [-0.2, 0) is 16.6 Å². The molecule has 3 rings (SSSR count). The van der Waals surface area contributed by atoms with Crippen LogP contribution in [0.1, 0.15) is 18.4 Å². The SMILES string of the molecule is CS(=O)(=O)N1CC[C@H](F)[C@]2(CCN(Cc3ccncc3)C2)C1. The molecule has 0 aromatic carbocycles. The summed E-state index contributed by atoms with van der Waals surface area (Å²) in [7, 11) is -3.25. The van der Waals surface area contributed by atoms with Crippen molar-refractivity contribution < 1.29 is 12.8 Å². The van der Waals surface area contributed by atoms with Crippen molar-refractivity contribution >= 4 is 10.0 Å². The second-order valence-electron chi connectivity index (χ2n) is 6.53. The van der Waals surface area contributed by atoms with Gasteiger partial charge in [0.25, 0.3) is 0 Å². The Bertz CT molecular complexity index is 625. The van der Waals surface area contributed by atoms with Crippen LogP contribution in [0.3, 0.4) is 0 Å². The van der Waals surface area contributed by atoms with Crippen molar-refractivity contribution in [3.05, 3.63) is 30.1 Å². The van der Waals surface area contributed by atoms with Crippen molar-refractivity contribution in [2.75, 3.05) is 32.4 Å². The third kappa shape index (κ3) is 3.16. The number of aromatic nitrogens is 1. The molecule has 2 atom stereocenters. The highest BCUT2D eigenvalue weighted by Crippen LogP contribution is 2.42. The van der Waals surface area contributed by atoms with Crippen LogP contribution >= 0.6 is 0 Å². The Morgan fingerprint density at radius 1 is 1.32 bits per heavy atom. The van der Waals surface area contributed by atoms with Crippen LogP contribution in [0.5, 0.6) is 0 Å². The molecule has 0 N–H and O–H groups in total. The quantitative estimate of drug-likeness (QED) is 0.839. The summed E-state index contributed by atoms with van der Waals surface area (Å²) in [5, 5.41) is 0. The van der Waals surface area contributed by atoms with E-state index in [0.717, 1.165) is 18.7 Å². The monoisotopic (exact) mass is 327 g/mol. The molecule has 3 heterocycles. The van der Waals surface area contributed by atoms with Crippen LogP contribution in [0.15, 0.2) is 24.5 Å². The van der Waals surface area contributed by atoms with E-state index in [0.29, 0.717) is 32.5 Å². The molecule has 2 fully saturated rings. The van der Waals surface area contributed by atoms with E-state index < -0.39 is 21.6 Å². The van der Waals surface area contributed by atoms with Gasteiger partial charge in [0.15, 0.2) is 0 Å². The molecule has 0 radical (unpaired) electrons. The maximum Gasteiger partial charge on any atom is 0.211 e. The third-order valence-corrected chi connectivity index (χ3v) is 6.13. The fraction of sp³-hybridized carbons (Fsp3) is 0.667. The van der Waals surface area contributed by atoms with Gasteiger partial charge in [0.05, 0.1) is 6.26 Å². The number of rotatable bonds is 3. The van der Waals surface area contributed by atoms with Gasteiger partial charge in [-0.05, 0) is 37.1 Å². The van der Waals surface area contributed by atoms with Crippen LogP contribution < -0.4 is 0 Å². The summed E-state index contributed by atoms with van der Waals surface area (Å²) in [4.78, 5) is 6.22. The molecule has 1 aromatic rings. The number of hydrogen-bond donors (Lipinski definition) is 0. The highest BCUT2D eigenvalue weighted by atomic mass is 32.2. The van der Waals surface area contributed by atoms with Crippen molar-refractivity contribution in [2.24, 2.45) is 5.41 Å². The Hall–Kier alpha value is -1.05. The van der Waals surface area contributed by atoms with Gasteiger partial charge in [-0.15, -0.1) is 0 Å². The maximum atomic E-state index is 14.6. The zero-order valence-electron chi connectivity index (χ0n) is 12.8. The van der Waals surface area contributed by atoms with Crippen LogP contribution in [0.4, 0.5) is 4.39 Å². The summed E-state index contributed by atoms with van der Waals surface area (Å²) in [6.07, 6.45) is 4.81. The highest BCUT2D eigenvalue weighted by molar-refractivity contribution is 7.88. The summed E-state index contributed by atoms with van der Waals surface area (Å²) in [6, 6.07) is 3.92. The molecule has 1 spiro atoms. The van der Waals surface area contributed by atoms with Crippen molar-refractivity contribution in [3.63, 3.8) is 0 Å². The Labute approximate surface area is 131 Å². The van der Waals surface area contributed by atoms with E-state index in [-0.39, 0.29) is 0 Å². The van der Waals surface area contributed by atoms with Gasteiger partial charge in [-0.1, -0.05) is 0 Å². The number of hydrogen-bond acceptors (Lipinski definition) is 4. The van der Waals surface area contributed by atoms with Crippen molar-refractivity contribution in [1.29, 1.82) is 0 Å². The van der Waals surface area contributed by atoms with Crippen LogP contribution in [-0.4, -0.2) is 61.2 Å². The van der Waals surface area contributed by atoms with Gasteiger partial charge in [-0.2, -0.15) is 0 Å². The first-order chi connectivity index (χ1) is 10.4. The zero-order valence-corrected chi connectivity index (χ0v) is 13.6. The van der Waals surface area contributed by atoms with E-state index >= 15 is 0 Å². The first kappa shape index (κ1) is 15.8. The van der Waals surface area contributed by atoms with E-state index in [9.17, 15) is 12.8 Å². The van der Waals surface area contributed by atoms with Gasteiger partial charge in [-0.3, -0.25) is 9.88 Å². The van der Waals surface area contributed by atoms with Crippen molar-refractivity contribution in [3.8, 4) is 0 Å². The summed E-state index contributed by atoms with van der Waals surface area (Å²) in [5.41, 5.74) is 0.604. The Kier molecular flexibility index (Phi) is 4.22. The molecule has 22 heavy (non-hydrogen) atoms. The fourth-order valence-electron chi connectivity index (χ4n) is 3.63. The van der Waals surface area contributed by atoms with Gasteiger partial charge in [0.2, 0.25) is 10.0 Å². The number of piperidine rings is 1. The summed E-state index contributed by atoms with van der Waals surface area (Å²) >= 11 is 0. The second kappa shape index (κ2) is 5.86. The van der Waals surface area contributed by atoms with Crippen LogP contribution in [0.25, 0.3) is 0 Å².